The zero-order valence-electron chi connectivity index (χ0n) is 16.0. The second kappa shape index (κ2) is 5.94. The van der Waals surface area contributed by atoms with E-state index in [0.29, 0.717) is 12.6 Å². The van der Waals surface area contributed by atoms with E-state index in [9.17, 15) is 0 Å². The summed E-state index contributed by atoms with van der Waals surface area (Å²) in [4.78, 5) is 4.71. The molecule has 1 aliphatic rings. The van der Waals surface area contributed by atoms with Crippen molar-refractivity contribution in [2.75, 3.05) is 0 Å². The zero-order valence-corrected chi connectivity index (χ0v) is 16.8. The lowest BCUT2D eigenvalue weighted by molar-refractivity contribution is 0.265. The fraction of sp³-hybridized carbons (Fsp3) is 0.0385. The lowest BCUT2D eigenvalue weighted by Gasteiger charge is -2.19. The standard InChI is InChI=1S/C26H16N2OS/c1-3-7-22-18(5-1)15-29-26-27-21-11-9-17(14-23(21)28(22)26)16-10-12-25-20(13-16)19-6-2-4-8-24(19)30-25/h1-14H,15H2. The van der Waals surface area contributed by atoms with Crippen LogP contribution in [0.15, 0.2) is 84.9 Å². The smallest absolute Gasteiger partial charge is 0.302 e. The third-order valence-corrected chi connectivity index (χ3v) is 7.07. The molecule has 30 heavy (non-hydrogen) atoms. The Morgan fingerprint density at radius 1 is 0.767 bits per heavy atom. The number of para-hydroxylation sites is 1. The van der Waals surface area contributed by atoms with Crippen molar-refractivity contribution in [3.8, 4) is 22.8 Å². The highest BCUT2D eigenvalue weighted by Gasteiger charge is 2.21. The molecule has 1 aliphatic heterocycles. The second-order valence-electron chi connectivity index (χ2n) is 7.66. The monoisotopic (exact) mass is 404 g/mol. The maximum Gasteiger partial charge on any atom is 0.302 e. The van der Waals surface area contributed by atoms with Gasteiger partial charge in [-0.25, -0.2) is 0 Å². The number of imidazole rings is 1. The van der Waals surface area contributed by atoms with Crippen LogP contribution in [0.25, 0.3) is 48.0 Å². The minimum Gasteiger partial charge on any atom is -0.459 e. The van der Waals surface area contributed by atoms with Crippen LogP contribution in [-0.2, 0) is 6.61 Å². The molecule has 0 bridgehead atoms. The Hall–Kier alpha value is -3.63. The number of thiophene rings is 1. The molecule has 4 aromatic carbocycles. The molecule has 0 fully saturated rings. The summed E-state index contributed by atoms with van der Waals surface area (Å²) in [7, 11) is 0. The van der Waals surface area contributed by atoms with Crippen LogP contribution in [0.1, 0.15) is 5.56 Å². The van der Waals surface area contributed by atoms with E-state index in [2.05, 4.69) is 89.5 Å². The summed E-state index contributed by atoms with van der Waals surface area (Å²) < 4.78 is 10.7. The van der Waals surface area contributed by atoms with Crippen LogP contribution >= 0.6 is 11.3 Å². The minimum absolute atomic E-state index is 0.564. The van der Waals surface area contributed by atoms with Crippen LogP contribution in [0.4, 0.5) is 0 Å². The summed E-state index contributed by atoms with van der Waals surface area (Å²) in [6, 6.07) is 30.9. The number of aromatic nitrogens is 2. The molecule has 7 rings (SSSR count). The number of fused-ring (bicyclic) bond motifs is 8. The summed E-state index contributed by atoms with van der Waals surface area (Å²) in [5, 5.41) is 2.64. The molecule has 4 heteroatoms. The molecule has 0 saturated carbocycles. The van der Waals surface area contributed by atoms with Gasteiger partial charge in [0, 0.05) is 25.7 Å². The molecule has 0 saturated heterocycles. The topological polar surface area (TPSA) is 27.1 Å². The molecular weight excluding hydrogens is 388 g/mol. The maximum atomic E-state index is 5.93. The third-order valence-electron chi connectivity index (χ3n) is 5.92. The van der Waals surface area contributed by atoms with Crippen molar-refractivity contribution in [2.45, 2.75) is 6.61 Å². The molecular formula is C26H16N2OS. The Bertz CT molecular complexity index is 1610. The summed E-state index contributed by atoms with van der Waals surface area (Å²) in [5.74, 6) is 0. The average Bonchev–Trinajstić information content (AvgIpc) is 3.36. The second-order valence-corrected chi connectivity index (χ2v) is 8.74. The van der Waals surface area contributed by atoms with Gasteiger partial charge in [0.25, 0.3) is 0 Å². The molecule has 142 valence electrons. The van der Waals surface area contributed by atoms with Gasteiger partial charge < -0.3 is 4.74 Å². The first-order valence-electron chi connectivity index (χ1n) is 10.0. The Morgan fingerprint density at radius 3 is 2.57 bits per heavy atom. The van der Waals surface area contributed by atoms with Crippen molar-refractivity contribution < 1.29 is 4.74 Å². The van der Waals surface area contributed by atoms with E-state index < -0.39 is 0 Å². The van der Waals surface area contributed by atoms with Gasteiger partial charge >= 0.3 is 6.01 Å². The summed E-state index contributed by atoms with van der Waals surface area (Å²) in [6.45, 7) is 0.564. The molecule has 3 nitrogen and oxygen atoms in total. The van der Waals surface area contributed by atoms with Crippen molar-refractivity contribution >= 4 is 42.5 Å². The Labute approximate surface area is 176 Å². The van der Waals surface area contributed by atoms with Crippen LogP contribution in [0.3, 0.4) is 0 Å². The third kappa shape index (κ3) is 2.22. The molecule has 0 unspecified atom stereocenters. The molecule has 3 heterocycles. The SMILES string of the molecule is c1ccc2c(c1)COc1nc3ccc(-c4ccc5sc6ccccc6c5c4)cc3n1-2. The molecule has 0 spiro atoms. The van der Waals surface area contributed by atoms with Crippen LogP contribution in [-0.4, -0.2) is 9.55 Å². The van der Waals surface area contributed by atoms with E-state index in [-0.39, 0.29) is 0 Å². The first kappa shape index (κ1) is 16.2. The summed E-state index contributed by atoms with van der Waals surface area (Å²) in [6.07, 6.45) is 0. The largest absolute Gasteiger partial charge is 0.459 e. The van der Waals surface area contributed by atoms with Crippen molar-refractivity contribution in [3.05, 3.63) is 90.5 Å². The molecule has 2 aromatic heterocycles. The molecule has 0 radical (unpaired) electrons. The molecule has 6 aromatic rings. The molecule has 0 atom stereocenters. The highest BCUT2D eigenvalue weighted by molar-refractivity contribution is 7.25. The number of nitrogens with zero attached hydrogens (tertiary/aromatic N) is 2. The summed E-state index contributed by atoms with van der Waals surface area (Å²) in [5.41, 5.74) is 6.76. The fourth-order valence-electron chi connectivity index (χ4n) is 4.46. The van der Waals surface area contributed by atoms with Gasteiger partial charge in [0.15, 0.2) is 0 Å². The van der Waals surface area contributed by atoms with Crippen molar-refractivity contribution in [3.63, 3.8) is 0 Å². The van der Waals surface area contributed by atoms with Crippen molar-refractivity contribution in [2.24, 2.45) is 0 Å². The Kier molecular flexibility index (Phi) is 3.21. The number of rotatable bonds is 1. The van der Waals surface area contributed by atoms with Crippen LogP contribution < -0.4 is 4.74 Å². The lowest BCUT2D eigenvalue weighted by Crippen LogP contribution is -2.11. The highest BCUT2D eigenvalue weighted by Crippen LogP contribution is 2.38. The van der Waals surface area contributed by atoms with Crippen molar-refractivity contribution in [1.29, 1.82) is 0 Å². The first-order valence-corrected chi connectivity index (χ1v) is 10.8. The van der Waals surface area contributed by atoms with Crippen LogP contribution in [0.5, 0.6) is 6.01 Å². The number of hydrogen-bond donors (Lipinski definition) is 0. The summed E-state index contributed by atoms with van der Waals surface area (Å²) >= 11 is 1.85. The molecule has 0 aliphatic carbocycles. The normalized spacial score (nSPS) is 12.8. The minimum atomic E-state index is 0.564. The lowest BCUT2D eigenvalue weighted by atomic mass is 10.0. The van der Waals surface area contributed by atoms with Gasteiger partial charge in [-0.15, -0.1) is 11.3 Å². The van der Waals surface area contributed by atoms with Gasteiger partial charge in [-0.3, -0.25) is 4.57 Å². The predicted molar refractivity (Wildman–Crippen MR) is 124 cm³/mol. The number of hydrogen-bond acceptors (Lipinski definition) is 3. The highest BCUT2D eigenvalue weighted by atomic mass is 32.1. The van der Waals surface area contributed by atoms with E-state index in [0.717, 1.165) is 16.7 Å². The van der Waals surface area contributed by atoms with Gasteiger partial charge in [0.2, 0.25) is 0 Å². The van der Waals surface area contributed by atoms with Gasteiger partial charge in [-0.1, -0.05) is 48.5 Å². The Morgan fingerprint density at radius 2 is 1.57 bits per heavy atom. The predicted octanol–water partition coefficient (Wildman–Crippen LogP) is 6.95. The molecule has 0 amide bonds. The van der Waals surface area contributed by atoms with Crippen LogP contribution in [0, 0.1) is 0 Å². The van der Waals surface area contributed by atoms with E-state index in [1.165, 1.54) is 36.9 Å². The Balaban J connectivity index is 1.46. The molecule has 0 N–H and O–H groups in total. The van der Waals surface area contributed by atoms with E-state index in [1.54, 1.807) is 0 Å². The van der Waals surface area contributed by atoms with Crippen LogP contribution in [0.2, 0.25) is 0 Å². The zero-order chi connectivity index (χ0) is 19.7. The quantitative estimate of drug-likeness (QED) is 0.296. The maximum absolute atomic E-state index is 5.93. The number of ether oxygens (including phenoxy) is 1. The average molecular weight is 404 g/mol. The van der Waals surface area contributed by atoms with E-state index in [1.807, 2.05) is 11.3 Å². The first-order chi connectivity index (χ1) is 14.8. The van der Waals surface area contributed by atoms with Crippen molar-refractivity contribution in [1.82, 2.24) is 9.55 Å². The van der Waals surface area contributed by atoms with Gasteiger partial charge in [0.05, 0.1) is 16.7 Å². The van der Waals surface area contributed by atoms with Gasteiger partial charge in [-0.05, 0) is 47.5 Å². The van der Waals surface area contributed by atoms with Gasteiger partial charge in [-0.2, -0.15) is 4.98 Å². The van der Waals surface area contributed by atoms with E-state index >= 15 is 0 Å². The van der Waals surface area contributed by atoms with Gasteiger partial charge in [0.1, 0.15) is 6.61 Å². The fourth-order valence-corrected chi connectivity index (χ4v) is 5.55. The van der Waals surface area contributed by atoms with E-state index in [4.69, 9.17) is 9.72 Å². The number of benzene rings is 4.